The molecular weight excluding hydrogens is 282 g/mol. The molecule has 1 nitrogen and oxygen atoms in total. The van der Waals surface area contributed by atoms with E-state index in [4.69, 9.17) is 0 Å². The number of hydrogen-bond acceptors (Lipinski definition) is 2. The number of halogens is 1. The lowest BCUT2D eigenvalue weighted by Gasteiger charge is -2.21. The van der Waals surface area contributed by atoms with Gasteiger partial charge < -0.3 is 5.32 Å². The molecule has 1 N–H and O–H groups in total. The fourth-order valence-corrected chi connectivity index (χ4v) is 4.22. The third-order valence-corrected chi connectivity index (χ3v) is 5.43. The van der Waals surface area contributed by atoms with Crippen LogP contribution in [-0.2, 0) is 0 Å². The summed E-state index contributed by atoms with van der Waals surface area (Å²) in [6, 6.07) is 3.36. The zero-order valence-corrected chi connectivity index (χ0v) is 12.2. The van der Waals surface area contributed by atoms with E-state index in [0.717, 1.165) is 6.04 Å². The summed E-state index contributed by atoms with van der Waals surface area (Å²) >= 11 is 5.46. The first-order valence-corrected chi connectivity index (χ1v) is 7.93. The van der Waals surface area contributed by atoms with Gasteiger partial charge in [0.15, 0.2) is 0 Å². The predicted octanol–water partition coefficient (Wildman–Crippen LogP) is 4.88. The molecule has 1 aliphatic rings. The first-order chi connectivity index (χ1) is 7.77. The van der Waals surface area contributed by atoms with Crippen molar-refractivity contribution in [1.29, 1.82) is 0 Å². The van der Waals surface area contributed by atoms with Crippen LogP contribution in [0.5, 0.6) is 0 Å². The molecule has 1 unspecified atom stereocenters. The van der Waals surface area contributed by atoms with Crippen LogP contribution in [0.2, 0.25) is 0 Å². The highest BCUT2D eigenvalue weighted by Gasteiger charge is 2.17. The van der Waals surface area contributed by atoms with Crippen molar-refractivity contribution in [3.05, 3.63) is 20.8 Å². The first kappa shape index (κ1) is 12.6. The van der Waals surface area contributed by atoms with Crippen molar-refractivity contribution in [3.8, 4) is 0 Å². The average molecular weight is 302 g/mol. The topological polar surface area (TPSA) is 12.0 Å². The van der Waals surface area contributed by atoms with E-state index >= 15 is 0 Å². The van der Waals surface area contributed by atoms with Gasteiger partial charge in [-0.15, -0.1) is 11.3 Å². The summed E-state index contributed by atoms with van der Waals surface area (Å²) in [5, 5.41) is 5.94. The van der Waals surface area contributed by atoms with Crippen molar-refractivity contribution >= 4 is 27.3 Å². The molecule has 1 aliphatic carbocycles. The van der Waals surface area contributed by atoms with E-state index < -0.39 is 0 Å². The summed E-state index contributed by atoms with van der Waals surface area (Å²) in [6.07, 6.45) is 8.36. The molecule has 1 heterocycles. The van der Waals surface area contributed by atoms with E-state index in [-0.39, 0.29) is 0 Å². The van der Waals surface area contributed by atoms with Gasteiger partial charge in [0.05, 0.1) is 0 Å². The molecule has 0 saturated heterocycles. The van der Waals surface area contributed by atoms with Gasteiger partial charge in [-0.2, -0.15) is 0 Å². The fraction of sp³-hybridized carbons (Fsp3) is 0.692. The van der Waals surface area contributed by atoms with Gasteiger partial charge in [-0.05, 0) is 47.1 Å². The SMILES string of the molecule is CC(NC1CCCCCC1)c1sccc1Br. The van der Waals surface area contributed by atoms with E-state index in [1.807, 2.05) is 11.3 Å². The average Bonchev–Trinajstić information content (AvgIpc) is 2.53. The molecule has 1 fully saturated rings. The molecule has 0 aromatic carbocycles. The standard InChI is InChI=1S/C13H20BrNS/c1-10(13-12(14)8-9-16-13)15-11-6-4-2-3-5-7-11/h8-11,15H,2-7H2,1H3. The Morgan fingerprint density at radius 1 is 1.31 bits per heavy atom. The van der Waals surface area contributed by atoms with Crippen LogP contribution >= 0.6 is 27.3 Å². The lowest BCUT2D eigenvalue weighted by molar-refractivity contribution is 0.417. The summed E-state index contributed by atoms with van der Waals surface area (Å²) in [6.45, 7) is 2.28. The second-order valence-corrected chi connectivity index (χ2v) is 6.51. The molecule has 0 spiro atoms. The van der Waals surface area contributed by atoms with Crippen LogP contribution < -0.4 is 5.32 Å². The minimum atomic E-state index is 0.484. The van der Waals surface area contributed by atoms with Crippen LogP contribution in [0.1, 0.15) is 56.4 Å². The van der Waals surface area contributed by atoms with Crippen molar-refractivity contribution < 1.29 is 0 Å². The minimum Gasteiger partial charge on any atom is -0.307 e. The summed E-state index contributed by atoms with van der Waals surface area (Å²) in [5.41, 5.74) is 0. The van der Waals surface area contributed by atoms with Crippen molar-refractivity contribution in [2.75, 3.05) is 0 Å². The molecule has 1 saturated carbocycles. The zero-order valence-electron chi connectivity index (χ0n) is 9.84. The smallest absolute Gasteiger partial charge is 0.0399 e. The Labute approximate surface area is 111 Å². The highest BCUT2D eigenvalue weighted by molar-refractivity contribution is 9.10. The van der Waals surface area contributed by atoms with Gasteiger partial charge in [0.25, 0.3) is 0 Å². The number of rotatable bonds is 3. The molecular formula is C13H20BrNS. The Kier molecular flexibility index (Phi) is 4.86. The third kappa shape index (κ3) is 3.31. The predicted molar refractivity (Wildman–Crippen MR) is 75.1 cm³/mol. The number of hydrogen-bond donors (Lipinski definition) is 1. The van der Waals surface area contributed by atoms with Crippen molar-refractivity contribution in [3.63, 3.8) is 0 Å². The molecule has 0 aliphatic heterocycles. The van der Waals surface area contributed by atoms with E-state index in [0.29, 0.717) is 6.04 Å². The monoisotopic (exact) mass is 301 g/mol. The van der Waals surface area contributed by atoms with Gasteiger partial charge in [0.1, 0.15) is 0 Å². The number of nitrogens with one attached hydrogen (secondary N) is 1. The van der Waals surface area contributed by atoms with Crippen LogP contribution in [-0.4, -0.2) is 6.04 Å². The van der Waals surface area contributed by atoms with Crippen molar-refractivity contribution in [2.45, 2.75) is 57.5 Å². The Morgan fingerprint density at radius 3 is 2.56 bits per heavy atom. The Hall–Kier alpha value is 0.140. The first-order valence-electron chi connectivity index (χ1n) is 6.26. The molecule has 90 valence electrons. The Balaban J connectivity index is 1.91. The van der Waals surface area contributed by atoms with Crippen LogP contribution in [0.3, 0.4) is 0 Å². The second kappa shape index (κ2) is 6.18. The quantitative estimate of drug-likeness (QED) is 0.784. The van der Waals surface area contributed by atoms with Crippen molar-refractivity contribution in [2.24, 2.45) is 0 Å². The van der Waals surface area contributed by atoms with Crippen LogP contribution in [0.15, 0.2) is 15.9 Å². The molecule has 1 aromatic rings. The van der Waals surface area contributed by atoms with Crippen LogP contribution in [0, 0.1) is 0 Å². The van der Waals surface area contributed by atoms with E-state index in [2.05, 4.69) is 39.6 Å². The summed E-state index contributed by atoms with van der Waals surface area (Å²) in [7, 11) is 0. The lowest BCUT2D eigenvalue weighted by Crippen LogP contribution is -2.30. The fourth-order valence-electron chi connectivity index (χ4n) is 2.49. The molecule has 0 bridgehead atoms. The Morgan fingerprint density at radius 2 is 2.00 bits per heavy atom. The normalized spacial score (nSPS) is 20.6. The minimum absolute atomic E-state index is 0.484. The third-order valence-electron chi connectivity index (χ3n) is 3.38. The van der Waals surface area contributed by atoms with Gasteiger partial charge in [0.2, 0.25) is 0 Å². The molecule has 0 amide bonds. The van der Waals surface area contributed by atoms with Gasteiger partial charge in [-0.25, -0.2) is 0 Å². The second-order valence-electron chi connectivity index (χ2n) is 4.71. The highest BCUT2D eigenvalue weighted by Crippen LogP contribution is 2.30. The largest absolute Gasteiger partial charge is 0.307 e. The Bertz CT molecular complexity index is 315. The van der Waals surface area contributed by atoms with E-state index in [1.165, 1.54) is 47.9 Å². The van der Waals surface area contributed by atoms with Gasteiger partial charge in [0, 0.05) is 21.4 Å². The van der Waals surface area contributed by atoms with Crippen molar-refractivity contribution in [1.82, 2.24) is 5.32 Å². The van der Waals surface area contributed by atoms with Crippen LogP contribution in [0.25, 0.3) is 0 Å². The summed E-state index contributed by atoms with van der Waals surface area (Å²) in [5.74, 6) is 0. The van der Waals surface area contributed by atoms with Crippen LogP contribution in [0.4, 0.5) is 0 Å². The molecule has 3 heteroatoms. The summed E-state index contributed by atoms with van der Waals surface area (Å²) in [4.78, 5) is 1.43. The lowest BCUT2D eigenvalue weighted by atomic mass is 10.1. The molecule has 0 radical (unpaired) electrons. The van der Waals surface area contributed by atoms with Gasteiger partial charge >= 0.3 is 0 Å². The molecule has 1 aromatic heterocycles. The van der Waals surface area contributed by atoms with E-state index in [1.54, 1.807) is 0 Å². The highest BCUT2D eigenvalue weighted by atomic mass is 79.9. The molecule has 16 heavy (non-hydrogen) atoms. The maximum Gasteiger partial charge on any atom is 0.0399 e. The van der Waals surface area contributed by atoms with Gasteiger partial charge in [-0.1, -0.05) is 25.7 Å². The maximum absolute atomic E-state index is 3.78. The van der Waals surface area contributed by atoms with E-state index in [9.17, 15) is 0 Å². The molecule has 2 rings (SSSR count). The number of thiophene rings is 1. The van der Waals surface area contributed by atoms with Gasteiger partial charge in [-0.3, -0.25) is 0 Å². The summed E-state index contributed by atoms with van der Waals surface area (Å²) < 4.78 is 1.26. The maximum atomic E-state index is 3.78. The molecule has 1 atom stereocenters. The zero-order chi connectivity index (χ0) is 11.4.